The monoisotopic (exact) mass is 680 g/mol. The van der Waals surface area contributed by atoms with Gasteiger partial charge in [0.15, 0.2) is 0 Å². The Hall–Kier alpha value is -4.61. The van der Waals surface area contributed by atoms with Crippen LogP contribution < -0.4 is 19.7 Å². The minimum absolute atomic E-state index is 0. The topological polar surface area (TPSA) is 118 Å². The summed E-state index contributed by atoms with van der Waals surface area (Å²) in [5, 5.41) is 2.73. The van der Waals surface area contributed by atoms with Gasteiger partial charge in [-0.1, -0.05) is 18.2 Å². The van der Waals surface area contributed by atoms with Gasteiger partial charge in [-0.2, -0.15) is 0 Å². The number of anilines is 2. The average molecular weight is 681 g/mol. The van der Waals surface area contributed by atoms with Crippen LogP contribution >= 0.6 is 12.4 Å². The molecule has 1 aliphatic rings. The summed E-state index contributed by atoms with van der Waals surface area (Å²) in [4.78, 5) is 57.1. The molecule has 3 amide bonds. The van der Waals surface area contributed by atoms with Crippen LogP contribution in [-0.2, 0) is 9.53 Å². The third kappa shape index (κ3) is 9.71. The Balaban J connectivity index is 0.00000625. The summed E-state index contributed by atoms with van der Waals surface area (Å²) < 4.78 is 16.4. The van der Waals surface area contributed by atoms with Crippen molar-refractivity contribution in [2.45, 2.75) is 32.6 Å². The predicted molar refractivity (Wildman–Crippen MR) is 188 cm³/mol. The Bertz CT molecular complexity index is 1590. The largest absolute Gasteiger partial charge is 0.496 e. The van der Waals surface area contributed by atoms with Crippen LogP contribution in [-0.4, -0.2) is 94.6 Å². The lowest BCUT2D eigenvalue weighted by Gasteiger charge is -2.32. The van der Waals surface area contributed by atoms with Crippen molar-refractivity contribution in [1.29, 1.82) is 0 Å². The molecule has 1 saturated heterocycles. The van der Waals surface area contributed by atoms with Crippen molar-refractivity contribution in [2.75, 3.05) is 71.3 Å². The van der Waals surface area contributed by atoms with Crippen LogP contribution in [0.15, 0.2) is 60.7 Å². The van der Waals surface area contributed by atoms with E-state index in [4.69, 9.17) is 14.2 Å². The molecule has 0 bridgehead atoms. The van der Waals surface area contributed by atoms with E-state index in [9.17, 15) is 19.2 Å². The van der Waals surface area contributed by atoms with E-state index in [0.29, 0.717) is 30.0 Å². The fourth-order valence-electron chi connectivity index (χ4n) is 5.35. The summed E-state index contributed by atoms with van der Waals surface area (Å²) in [5.41, 5.74) is 2.60. The van der Waals surface area contributed by atoms with Crippen LogP contribution in [0.2, 0.25) is 0 Å². The second-order valence-corrected chi connectivity index (χ2v) is 11.6. The number of amides is 3. The third-order valence-corrected chi connectivity index (χ3v) is 8.20. The van der Waals surface area contributed by atoms with Crippen molar-refractivity contribution in [2.24, 2.45) is 0 Å². The lowest BCUT2D eigenvalue weighted by molar-refractivity contribution is -0.132. The molecule has 1 N–H and O–H groups in total. The maximum absolute atomic E-state index is 13.6. The Morgan fingerprint density at radius 1 is 0.854 bits per heavy atom. The molecule has 4 rings (SSSR count). The highest BCUT2D eigenvalue weighted by molar-refractivity contribution is 6.11. The second-order valence-electron chi connectivity index (χ2n) is 11.6. The number of unbranched alkanes of at least 4 members (excludes halogenated alkanes) is 2. The van der Waals surface area contributed by atoms with Gasteiger partial charge in [-0.15, -0.1) is 12.4 Å². The minimum atomic E-state index is -0.579. The number of rotatable bonds is 13. The number of carbonyl (C=O) groups is 4. The Kier molecular flexibility index (Phi) is 14.2. The predicted octanol–water partition coefficient (Wildman–Crippen LogP) is 5.45. The number of hydrogen-bond acceptors (Lipinski definition) is 8. The molecule has 3 aromatic carbocycles. The molecular formula is C36H45ClN4O7. The number of piperazine rings is 1. The summed E-state index contributed by atoms with van der Waals surface area (Å²) in [6.07, 6.45) is 3.00. The number of carbonyl (C=O) groups excluding carboxylic acids is 4. The zero-order valence-electron chi connectivity index (χ0n) is 28.2. The number of nitrogens with zero attached hydrogens (tertiary/aromatic N) is 3. The molecule has 11 nitrogen and oxygen atoms in total. The van der Waals surface area contributed by atoms with Crippen LogP contribution in [0.25, 0.3) is 0 Å². The first kappa shape index (κ1) is 37.8. The first-order valence-corrected chi connectivity index (χ1v) is 15.8. The first-order valence-electron chi connectivity index (χ1n) is 15.8. The number of methoxy groups -OCH3 is 2. The van der Waals surface area contributed by atoms with Gasteiger partial charge < -0.3 is 34.2 Å². The van der Waals surface area contributed by atoms with Crippen LogP contribution in [0.3, 0.4) is 0 Å². The molecule has 0 aromatic heterocycles. The van der Waals surface area contributed by atoms with Crippen molar-refractivity contribution in [3.8, 4) is 11.5 Å². The van der Waals surface area contributed by atoms with E-state index in [-0.39, 0.29) is 46.8 Å². The van der Waals surface area contributed by atoms with Crippen LogP contribution in [0.1, 0.15) is 62.3 Å². The smallest absolute Gasteiger partial charge is 0.339 e. The molecule has 0 spiro atoms. The number of halogens is 1. The SMILES string of the molecule is COC(=O)c1ccccc1NC(=O)c1ccc(C(=O)N(C)c2ccc(C)cc2OCCCCCC(=O)N2CCN(C)CC2)cc1OC.Cl. The highest BCUT2D eigenvalue weighted by Gasteiger charge is 2.22. The summed E-state index contributed by atoms with van der Waals surface area (Å²) in [6, 6.07) is 16.7. The fourth-order valence-corrected chi connectivity index (χ4v) is 5.35. The van der Waals surface area contributed by atoms with Gasteiger partial charge >= 0.3 is 5.97 Å². The zero-order valence-corrected chi connectivity index (χ0v) is 29.1. The summed E-state index contributed by atoms with van der Waals surface area (Å²) >= 11 is 0. The van der Waals surface area contributed by atoms with E-state index in [2.05, 4.69) is 17.3 Å². The second kappa shape index (κ2) is 18.1. The van der Waals surface area contributed by atoms with E-state index >= 15 is 0 Å². The summed E-state index contributed by atoms with van der Waals surface area (Å²) in [6.45, 7) is 5.83. The lowest BCUT2D eigenvalue weighted by atomic mass is 10.1. The molecule has 0 unspecified atom stereocenters. The standard InChI is InChI=1S/C36H44N4O7.ClH/c1-25-14-17-30(32(23-25)47-22-10-6-7-13-33(41)40-20-18-38(2)19-21-40)39(3)35(43)26-15-16-28(31(24-26)45-4)34(42)37-29-12-9-8-11-27(29)36(44)46-5;/h8-9,11-12,14-17,23-24H,6-7,10,13,18-22H2,1-5H3,(H,37,42);1H. The quantitative estimate of drug-likeness (QED) is 0.187. The van der Waals surface area contributed by atoms with Gasteiger partial charge in [0.1, 0.15) is 11.5 Å². The van der Waals surface area contributed by atoms with Crippen molar-refractivity contribution < 1.29 is 33.4 Å². The van der Waals surface area contributed by atoms with E-state index in [1.165, 1.54) is 31.3 Å². The van der Waals surface area contributed by atoms with E-state index in [1.54, 1.807) is 37.4 Å². The van der Waals surface area contributed by atoms with Crippen molar-refractivity contribution >= 4 is 47.5 Å². The summed E-state index contributed by atoms with van der Waals surface area (Å²) in [7, 11) is 6.43. The van der Waals surface area contributed by atoms with Gasteiger partial charge in [0.05, 0.1) is 43.3 Å². The Labute approximate surface area is 288 Å². The van der Waals surface area contributed by atoms with Crippen molar-refractivity contribution in [1.82, 2.24) is 9.80 Å². The fraction of sp³-hybridized carbons (Fsp3) is 0.389. The lowest BCUT2D eigenvalue weighted by Crippen LogP contribution is -2.47. The average Bonchev–Trinajstić information content (AvgIpc) is 3.08. The van der Waals surface area contributed by atoms with Crippen molar-refractivity contribution in [3.05, 3.63) is 82.9 Å². The molecule has 0 aliphatic carbocycles. The molecule has 12 heteroatoms. The van der Waals surface area contributed by atoms with E-state index in [1.807, 2.05) is 30.0 Å². The van der Waals surface area contributed by atoms with E-state index in [0.717, 1.165) is 51.0 Å². The van der Waals surface area contributed by atoms with Gasteiger partial charge in [-0.05, 0) is 81.3 Å². The maximum atomic E-state index is 13.6. The number of ether oxygens (including phenoxy) is 3. The highest BCUT2D eigenvalue weighted by Crippen LogP contribution is 2.31. The number of benzene rings is 3. The highest BCUT2D eigenvalue weighted by atomic mass is 35.5. The van der Waals surface area contributed by atoms with Crippen LogP contribution in [0.5, 0.6) is 11.5 Å². The molecule has 48 heavy (non-hydrogen) atoms. The van der Waals surface area contributed by atoms with Crippen LogP contribution in [0, 0.1) is 6.92 Å². The molecular weight excluding hydrogens is 636 g/mol. The third-order valence-electron chi connectivity index (χ3n) is 8.20. The van der Waals surface area contributed by atoms with E-state index < -0.39 is 11.9 Å². The van der Waals surface area contributed by atoms with Crippen LogP contribution in [0.4, 0.5) is 11.4 Å². The zero-order chi connectivity index (χ0) is 33.9. The molecule has 1 heterocycles. The van der Waals surface area contributed by atoms with Crippen molar-refractivity contribution in [3.63, 3.8) is 0 Å². The molecule has 1 aliphatic heterocycles. The Morgan fingerprint density at radius 2 is 1.58 bits per heavy atom. The van der Waals surface area contributed by atoms with Gasteiger partial charge in [-0.3, -0.25) is 14.4 Å². The minimum Gasteiger partial charge on any atom is -0.496 e. The molecule has 258 valence electrons. The number of para-hydroxylation sites is 1. The molecule has 0 radical (unpaired) electrons. The van der Waals surface area contributed by atoms with Gasteiger partial charge in [0, 0.05) is 45.2 Å². The summed E-state index contributed by atoms with van der Waals surface area (Å²) in [5.74, 6) is -0.407. The molecule has 0 saturated carbocycles. The van der Waals surface area contributed by atoms with Gasteiger partial charge in [0.2, 0.25) is 5.91 Å². The Morgan fingerprint density at radius 3 is 2.29 bits per heavy atom. The number of nitrogens with one attached hydrogen (secondary N) is 1. The number of esters is 1. The number of hydrogen-bond donors (Lipinski definition) is 1. The molecule has 0 atom stereocenters. The molecule has 3 aromatic rings. The normalized spacial score (nSPS) is 12.8. The number of likely N-dealkylation sites (N-methyl/N-ethyl adjacent to an activating group) is 1. The first-order chi connectivity index (χ1) is 22.6. The maximum Gasteiger partial charge on any atom is 0.339 e. The number of aryl methyl sites for hydroxylation is 1. The molecule has 1 fully saturated rings. The van der Waals surface area contributed by atoms with Gasteiger partial charge in [-0.25, -0.2) is 4.79 Å². The van der Waals surface area contributed by atoms with Gasteiger partial charge in [0.25, 0.3) is 11.8 Å².